The zero-order valence-electron chi connectivity index (χ0n) is 23.4. The molecule has 9 heteroatoms. The van der Waals surface area contributed by atoms with Gasteiger partial charge in [-0.25, -0.2) is 9.97 Å². The first-order valence-electron chi connectivity index (χ1n) is 13.8. The molecule has 1 atom stereocenters. The minimum atomic E-state index is -0.949. The van der Waals surface area contributed by atoms with E-state index < -0.39 is 17.7 Å². The maximum absolute atomic E-state index is 13.8. The molecular weight excluding hydrogens is 560 g/mol. The predicted octanol–water partition coefficient (Wildman–Crippen LogP) is 6.77. The van der Waals surface area contributed by atoms with E-state index in [4.69, 9.17) is 9.72 Å². The average molecular weight is 587 g/mol. The Balaban J connectivity index is 1.40. The third kappa shape index (κ3) is 4.64. The van der Waals surface area contributed by atoms with Crippen molar-refractivity contribution in [2.45, 2.75) is 26.5 Å². The lowest BCUT2D eigenvalue weighted by Crippen LogP contribution is -2.29. The van der Waals surface area contributed by atoms with E-state index in [0.717, 1.165) is 21.3 Å². The summed E-state index contributed by atoms with van der Waals surface area (Å²) in [5.41, 5.74) is 4.87. The molecule has 43 heavy (non-hydrogen) atoms. The molecule has 0 radical (unpaired) electrons. The van der Waals surface area contributed by atoms with E-state index in [1.54, 1.807) is 23.6 Å². The van der Waals surface area contributed by atoms with Crippen molar-refractivity contribution < 1.29 is 19.4 Å². The number of carbonyl (C=O) groups is 2. The number of ether oxygens (including phenoxy) is 1. The number of benzene rings is 3. The summed E-state index contributed by atoms with van der Waals surface area (Å²) in [6.07, 6.45) is 1.77. The number of amides is 1. The van der Waals surface area contributed by atoms with Gasteiger partial charge in [0.1, 0.15) is 23.7 Å². The van der Waals surface area contributed by atoms with Crippen LogP contribution in [0.3, 0.4) is 0 Å². The smallest absolute Gasteiger partial charge is 0.301 e. The van der Waals surface area contributed by atoms with Crippen LogP contribution in [0.4, 0.5) is 5.13 Å². The quantitative estimate of drug-likeness (QED) is 0.132. The lowest BCUT2D eigenvalue weighted by atomic mass is 9.96. The Morgan fingerprint density at radius 1 is 0.930 bits per heavy atom. The number of imidazole rings is 1. The number of anilines is 1. The zero-order valence-corrected chi connectivity index (χ0v) is 24.2. The lowest BCUT2D eigenvalue weighted by Gasteiger charge is -2.23. The normalized spacial score (nSPS) is 16.4. The van der Waals surface area contributed by atoms with Gasteiger partial charge in [-0.15, -0.1) is 0 Å². The number of hydrogen-bond acceptors (Lipinski definition) is 7. The van der Waals surface area contributed by atoms with Crippen LogP contribution in [-0.4, -0.2) is 31.2 Å². The second-order valence-electron chi connectivity index (χ2n) is 10.5. The second kappa shape index (κ2) is 10.5. The van der Waals surface area contributed by atoms with Crippen LogP contribution < -0.4 is 9.64 Å². The summed E-state index contributed by atoms with van der Waals surface area (Å²) in [7, 11) is 0. The van der Waals surface area contributed by atoms with Crippen LogP contribution in [-0.2, 0) is 16.2 Å². The van der Waals surface area contributed by atoms with E-state index in [1.807, 2.05) is 91.9 Å². The fourth-order valence-corrected chi connectivity index (χ4v) is 6.60. The van der Waals surface area contributed by atoms with Gasteiger partial charge in [-0.2, -0.15) is 0 Å². The highest BCUT2D eigenvalue weighted by Gasteiger charge is 2.48. The van der Waals surface area contributed by atoms with E-state index in [1.165, 1.54) is 16.2 Å². The van der Waals surface area contributed by atoms with Crippen molar-refractivity contribution in [1.29, 1.82) is 0 Å². The fraction of sp³-hybridized carbons (Fsp3) is 0.118. The van der Waals surface area contributed by atoms with Gasteiger partial charge in [0, 0.05) is 6.20 Å². The number of aryl methyl sites for hydroxylation is 2. The predicted molar refractivity (Wildman–Crippen MR) is 166 cm³/mol. The Kier molecular flexibility index (Phi) is 6.51. The van der Waals surface area contributed by atoms with Crippen molar-refractivity contribution in [3.8, 4) is 5.75 Å². The third-order valence-electron chi connectivity index (χ3n) is 7.53. The van der Waals surface area contributed by atoms with Crippen LogP contribution in [0.5, 0.6) is 5.75 Å². The zero-order chi connectivity index (χ0) is 29.7. The Labute approximate surface area is 251 Å². The number of aliphatic hydroxyl groups is 1. The van der Waals surface area contributed by atoms with Crippen LogP contribution in [0.2, 0.25) is 0 Å². The first-order valence-corrected chi connectivity index (χ1v) is 14.6. The lowest BCUT2D eigenvalue weighted by molar-refractivity contribution is -0.132. The second-order valence-corrected chi connectivity index (χ2v) is 11.5. The maximum atomic E-state index is 13.8. The van der Waals surface area contributed by atoms with Crippen molar-refractivity contribution in [3.63, 3.8) is 0 Å². The van der Waals surface area contributed by atoms with Gasteiger partial charge in [0.05, 0.1) is 27.5 Å². The molecule has 1 amide bonds. The molecule has 4 heterocycles. The van der Waals surface area contributed by atoms with E-state index in [0.29, 0.717) is 40.1 Å². The van der Waals surface area contributed by atoms with Crippen LogP contribution >= 0.6 is 11.3 Å². The molecular formula is C34H26N4O4S. The molecule has 0 spiro atoms. The molecule has 1 fully saturated rings. The van der Waals surface area contributed by atoms with Gasteiger partial charge < -0.3 is 9.84 Å². The van der Waals surface area contributed by atoms with Crippen molar-refractivity contribution in [1.82, 2.24) is 14.4 Å². The highest BCUT2D eigenvalue weighted by atomic mass is 32.1. The highest BCUT2D eigenvalue weighted by molar-refractivity contribution is 7.22. The van der Waals surface area contributed by atoms with Crippen LogP contribution in [0, 0.1) is 13.8 Å². The topological polar surface area (TPSA) is 97.0 Å². The van der Waals surface area contributed by atoms with Gasteiger partial charge in [-0.3, -0.25) is 18.9 Å². The van der Waals surface area contributed by atoms with Crippen molar-refractivity contribution in [2.75, 3.05) is 4.90 Å². The van der Waals surface area contributed by atoms with E-state index in [-0.39, 0.29) is 11.3 Å². The number of ketones is 1. The summed E-state index contributed by atoms with van der Waals surface area (Å²) in [6, 6.07) is 27.5. The molecule has 0 aliphatic carbocycles. The Hall–Kier alpha value is -5.28. The maximum Gasteiger partial charge on any atom is 0.301 e. The average Bonchev–Trinajstić information content (AvgIpc) is 3.66. The monoisotopic (exact) mass is 586 g/mol. The molecule has 0 bridgehead atoms. The number of aromatic nitrogens is 3. The van der Waals surface area contributed by atoms with Crippen LogP contribution in [0.15, 0.2) is 103 Å². The molecule has 3 aromatic carbocycles. The minimum Gasteiger partial charge on any atom is -0.505 e. The number of thiazole rings is 1. The van der Waals surface area contributed by atoms with Gasteiger partial charge >= 0.3 is 5.91 Å². The van der Waals surface area contributed by atoms with E-state index in [9.17, 15) is 14.7 Å². The minimum absolute atomic E-state index is 0.0330. The molecule has 6 aromatic rings. The van der Waals surface area contributed by atoms with Crippen LogP contribution in [0.1, 0.15) is 34.1 Å². The molecule has 0 saturated carbocycles. The Morgan fingerprint density at radius 3 is 2.58 bits per heavy atom. The summed E-state index contributed by atoms with van der Waals surface area (Å²) in [5, 5.41) is 12.2. The molecule has 1 aliphatic heterocycles. The summed E-state index contributed by atoms with van der Waals surface area (Å²) >= 11 is 1.33. The first kappa shape index (κ1) is 26.6. The van der Waals surface area contributed by atoms with Gasteiger partial charge in [-0.1, -0.05) is 65.9 Å². The standard InChI is InChI=1S/C34H26N4O4S/c1-20-14-15-25-26(17-20)43-34(36-25)38-30(23-11-8-12-24(18-23)42-19-22-9-4-3-5-10-22)28(32(40)33(38)41)31(39)29-21(2)35-27-13-6-7-16-37(27)29/h3-18,30,39H,19H2,1-2H3. The fourth-order valence-electron chi connectivity index (χ4n) is 5.51. The van der Waals surface area contributed by atoms with Crippen molar-refractivity contribution in [3.05, 3.63) is 131 Å². The summed E-state index contributed by atoms with van der Waals surface area (Å²) in [6.45, 7) is 4.11. The molecule has 1 aliphatic rings. The Bertz CT molecular complexity index is 2080. The molecule has 1 N–H and O–H groups in total. The third-order valence-corrected chi connectivity index (χ3v) is 8.55. The van der Waals surface area contributed by atoms with E-state index in [2.05, 4.69) is 4.98 Å². The molecule has 7 rings (SSSR count). The van der Waals surface area contributed by atoms with Crippen molar-refractivity contribution >= 4 is 49.8 Å². The number of aliphatic hydroxyl groups excluding tert-OH is 1. The number of pyridine rings is 1. The first-order chi connectivity index (χ1) is 20.9. The summed E-state index contributed by atoms with van der Waals surface area (Å²) in [5.74, 6) is -1.28. The van der Waals surface area contributed by atoms with Gasteiger partial charge in [0.2, 0.25) is 0 Å². The number of fused-ring (bicyclic) bond motifs is 2. The SMILES string of the molecule is Cc1ccc2nc(N3C(=O)C(=O)C(=C(O)c4c(C)nc5ccccn45)C3c3cccc(OCc4ccccc4)c3)sc2c1. The number of carbonyl (C=O) groups excluding carboxylic acids is 2. The summed E-state index contributed by atoms with van der Waals surface area (Å²) < 4.78 is 8.71. The molecule has 8 nitrogen and oxygen atoms in total. The number of rotatable bonds is 6. The highest BCUT2D eigenvalue weighted by Crippen LogP contribution is 2.45. The van der Waals surface area contributed by atoms with Crippen molar-refractivity contribution in [2.24, 2.45) is 0 Å². The molecule has 212 valence electrons. The Morgan fingerprint density at radius 2 is 1.74 bits per heavy atom. The largest absolute Gasteiger partial charge is 0.505 e. The van der Waals surface area contributed by atoms with Crippen LogP contribution in [0.25, 0.3) is 21.6 Å². The molecule has 3 aromatic heterocycles. The molecule has 1 saturated heterocycles. The summed E-state index contributed by atoms with van der Waals surface area (Å²) in [4.78, 5) is 38.3. The number of hydrogen-bond donors (Lipinski definition) is 1. The number of Topliss-reactive ketones (excluding diaryl/α,β-unsaturated/α-hetero) is 1. The number of nitrogens with zero attached hydrogens (tertiary/aromatic N) is 4. The van der Waals surface area contributed by atoms with Gasteiger partial charge in [0.15, 0.2) is 10.9 Å². The van der Waals surface area contributed by atoms with E-state index >= 15 is 0 Å². The van der Waals surface area contributed by atoms with Gasteiger partial charge in [0.25, 0.3) is 5.78 Å². The van der Waals surface area contributed by atoms with Gasteiger partial charge in [-0.05, 0) is 66.9 Å². The molecule has 1 unspecified atom stereocenters.